The molecule has 1 aromatic carbocycles. The second-order valence-corrected chi connectivity index (χ2v) is 7.94. The summed E-state index contributed by atoms with van der Waals surface area (Å²) in [5, 5.41) is 3.35. The maximum Gasteiger partial charge on any atom is 0.403 e. The van der Waals surface area contributed by atoms with E-state index in [9.17, 15) is 13.2 Å². The van der Waals surface area contributed by atoms with Crippen molar-refractivity contribution in [3.8, 4) is 0 Å². The zero-order valence-corrected chi connectivity index (χ0v) is 17.4. The normalized spacial score (nSPS) is 20.9. The van der Waals surface area contributed by atoms with Crippen molar-refractivity contribution >= 4 is 5.96 Å². The Labute approximate surface area is 171 Å². The molecule has 29 heavy (non-hydrogen) atoms. The van der Waals surface area contributed by atoms with E-state index in [4.69, 9.17) is 0 Å². The van der Waals surface area contributed by atoms with Crippen molar-refractivity contribution in [2.24, 2.45) is 4.99 Å². The highest BCUT2D eigenvalue weighted by Crippen LogP contribution is 2.25. The number of alkyl halides is 3. The summed E-state index contributed by atoms with van der Waals surface area (Å²) in [6.45, 7) is 7.11. The molecule has 3 rings (SSSR count). The van der Waals surface area contributed by atoms with Crippen LogP contribution in [0.4, 0.5) is 13.2 Å². The van der Waals surface area contributed by atoms with Crippen molar-refractivity contribution in [2.45, 2.75) is 45.1 Å². The minimum absolute atomic E-state index is 0.382. The highest BCUT2D eigenvalue weighted by Gasteiger charge is 2.41. The number of hydrogen-bond donors (Lipinski definition) is 1. The number of likely N-dealkylation sites (tertiary alicyclic amines) is 1. The van der Waals surface area contributed by atoms with Gasteiger partial charge in [-0.1, -0.05) is 24.3 Å². The molecule has 2 heterocycles. The monoisotopic (exact) mass is 411 g/mol. The largest absolute Gasteiger partial charge is 0.403 e. The molecule has 0 spiro atoms. The summed E-state index contributed by atoms with van der Waals surface area (Å²) < 4.78 is 38.7. The van der Waals surface area contributed by atoms with Gasteiger partial charge in [0.1, 0.15) is 6.04 Å². The molecule has 2 fully saturated rings. The topological polar surface area (TPSA) is 34.1 Å². The zero-order chi connectivity index (χ0) is 20.9. The molecular weight excluding hydrogens is 379 g/mol. The molecule has 0 aromatic heterocycles. The average molecular weight is 412 g/mol. The number of guanidine groups is 1. The molecule has 1 atom stereocenters. The molecule has 162 valence electrons. The molecule has 8 heteroatoms. The molecule has 0 radical (unpaired) electrons. The Morgan fingerprint density at radius 3 is 2.14 bits per heavy atom. The molecule has 0 saturated carbocycles. The van der Waals surface area contributed by atoms with E-state index in [1.807, 2.05) is 4.90 Å². The van der Waals surface area contributed by atoms with Gasteiger partial charge < -0.3 is 10.2 Å². The summed E-state index contributed by atoms with van der Waals surface area (Å²) in [6.07, 6.45) is -1.59. The Morgan fingerprint density at radius 1 is 1.00 bits per heavy atom. The molecule has 1 N–H and O–H groups in total. The summed E-state index contributed by atoms with van der Waals surface area (Å²) >= 11 is 0. The number of hydrogen-bond acceptors (Lipinski definition) is 3. The molecule has 2 aliphatic rings. The highest BCUT2D eigenvalue weighted by atomic mass is 19.4. The molecule has 5 nitrogen and oxygen atoms in total. The van der Waals surface area contributed by atoms with Crippen LogP contribution < -0.4 is 5.32 Å². The van der Waals surface area contributed by atoms with Gasteiger partial charge in [0.25, 0.3) is 0 Å². The van der Waals surface area contributed by atoms with E-state index in [1.54, 1.807) is 7.05 Å². The van der Waals surface area contributed by atoms with Crippen LogP contribution in [0.2, 0.25) is 0 Å². The van der Waals surface area contributed by atoms with Gasteiger partial charge in [-0.25, -0.2) is 0 Å². The van der Waals surface area contributed by atoms with Crippen LogP contribution in [-0.4, -0.2) is 79.2 Å². The molecule has 1 unspecified atom stereocenters. The minimum Gasteiger partial charge on any atom is -0.352 e. The SMILES string of the molecule is CN=C(NCc1ccc(CN2CCCC2)cc1)N1CCN(C(C)C(F)(F)F)CC1. The Kier molecular flexibility index (Phi) is 7.40. The summed E-state index contributed by atoms with van der Waals surface area (Å²) in [5.74, 6) is 0.741. The van der Waals surface area contributed by atoms with Crippen molar-refractivity contribution in [2.75, 3.05) is 46.3 Å². The third-order valence-electron chi connectivity index (χ3n) is 5.93. The summed E-state index contributed by atoms with van der Waals surface area (Å²) in [5.41, 5.74) is 2.50. The van der Waals surface area contributed by atoms with Crippen LogP contribution in [0.5, 0.6) is 0 Å². The standard InChI is InChI=1S/C21H32F3N5/c1-17(21(22,23)24)28-11-13-29(14-12-28)20(25-2)26-15-18-5-7-19(8-6-18)16-27-9-3-4-10-27/h5-8,17H,3-4,9-16H2,1-2H3,(H,25,26). The summed E-state index contributed by atoms with van der Waals surface area (Å²) in [7, 11) is 1.71. The lowest BCUT2D eigenvalue weighted by atomic mass is 10.1. The fourth-order valence-corrected chi connectivity index (χ4v) is 4.00. The first-order valence-electron chi connectivity index (χ1n) is 10.4. The Bertz CT molecular complexity index is 660. The molecule has 2 saturated heterocycles. The average Bonchev–Trinajstić information content (AvgIpc) is 3.22. The zero-order valence-electron chi connectivity index (χ0n) is 17.4. The number of benzene rings is 1. The van der Waals surface area contributed by atoms with Crippen LogP contribution in [0.3, 0.4) is 0 Å². The van der Waals surface area contributed by atoms with Crippen molar-refractivity contribution in [1.29, 1.82) is 0 Å². The fourth-order valence-electron chi connectivity index (χ4n) is 4.00. The van der Waals surface area contributed by atoms with Gasteiger partial charge in [-0.2, -0.15) is 13.2 Å². The number of rotatable bonds is 5. The number of nitrogens with one attached hydrogen (secondary N) is 1. The van der Waals surface area contributed by atoms with E-state index in [-0.39, 0.29) is 0 Å². The molecular formula is C21H32F3N5. The Morgan fingerprint density at radius 2 is 1.59 bits per heavy atom. The number of aliphatic imine (C=N–C) groups is 1. The molecule has 2 aliphatic heterocycles. The van der Waals surface area contributed by atoms with E-state index in [2.05, 4.69) is 39.5 Å². The summed E-state index contributed by atoms with van der Waals surface area (Å²) in [6, 6.07) is 7.22. The predicted molar refractivity (Wildman–Crippen MR) is 110 cm³/mol. The first kappa shape index (κ1) is 21.9. The number of piperazine rings is 1. The van der Waals surface area contributed by atoms with Crippen LogP contribution in [0, 0.1) is 0 Å². The van der Waals surface area contributed by atoms with Gasteiger partial charge in [0.2, 0.25) is 0 Å². The van der Waals surface area contributed by atoms with Gasteiger partial charge in [0.05, 0.1) is 0 Å². The minimum atomic E-state index is -4.18. The van der Waals surface area contributed by atoms with Crippen molar-refractivity contribution in [1.82, 2.24) is 20.0 Å². The molecule has 0 bridgehead atoms. The van der Waals surface area contributed by atoms with Crippen molar-refractivity contribution in [3.05, 3.63) is 35.4 Å². The van der Waals surface area contributed by atoms with Crippen molar-refractivity contribution < 1.29 is 13.2 Å². The van der Waals surface area contributed by atoms with E-state index in [1.165, 1.54) is 48.9 Å². The van der Waals surface area contributed by atoms with Gasteiger partial charge in [0.15, 0.2) is 5.96 Å². The van der Waals surface area contributed by atoms with Crippen molar-refractivity contribution in [3.63, 3.8) is 0 Å². The Hall–Kier alpha value is -1.80. The first-order valence-corrected chi connectivity index (χ1v) is 10.4. The molecule has 1 aromatic rings. The van der Waals surface area contributed by atoms with Crippen LogP contribution in [0.25, 0.3) is 0 Å². The van der Waals surface area contributed by atoms with Crippen LogP contribution in [0.1, 0.15) is 30.9 Å². The maximum atomic E-state index is 12.9. The fraction of sp³-hybridized carbons (Fsp3) is 0.667. The second kappa shape index (κ2) is 9.80. The van der Waals surface area contributed by atoms with E-state index < -0.39 is 12.2 Å². The summed E-state index contributed by atoms with van der Waals surface area (Å²) in [4.78, 5) is 10.3. The third-order valence-corrected chi connectivity index (χ3v) is 5.93. The van der Waals surface area contributed by atoms with Crippen LogP contribution in [-0.2, 0) is 13.1 Å². The maximum absolute atomic E-state index is 12.9. The lowest BCUT2D eigenvalue weighted by Gasteiger charge is -2.39. The number of nitrogens with zero attached hydrogens (tertiary/aromatic N) is 4. The highest BCUT2D eigenvalue weighted by molar-refractivity contribution is 5.80. The van der Waals surface area contributed by atoms with E-state index in [0.29, 0.717) is 32.7 Å². The molecule has 0 amide bonds. The smallest absolute Gasteiger partial charge is 0.352 e. The number of halogens is 3. The van der Waals surface area contributed by atoms with Crippen LogP contribution in [0.15, 0.2) is 29.3 Å². The third kappa shape index (κ3) is 6.09. The lowest BCUT2D eigenvalue weighted by Crippen LogP contribution is -2.56. The predicted octanol–water partition coefficient (Wildman–Crippen LogP) is 2.93. The van der Waals surface area contributed by atoms with Gasteiger partial charge in [0, 0.05) is 46.3 Å². The lowest BCUT2D eigenvalue weighted by molar-refractivity contribution is -0.181. The van der Waals surface area contributed by atoms with Gasteiger partial charge >= 0.3 is 6.18 Å². The quantitative estimate of drug-likeness (QED) is 0.597. The molecule has 0 aliphatic carbocycles. The Balaban J connectivity index is 1.46. The van der Waals surface area contributed by atoms with E-state index >= 15 is 0 Å². The second-order valence-electron chi connectivity index (χ2n) is 7.94. The first-order chi connectivity index (χ1) is 13.9. The van der Waals surface area contributed by atoms with Crippen LogP contribution >= 0.6 is 0 Å². The van der Waals surface area contributed by atoms with Gasteiger partial charge in [-0.3, -0.25) is 14.8 Å². The van der Waals surface area contributed by atoms with E-state index in [0.717, 1.165) is 12.5 Å². The van der Waals surface area contributed by atoms with Gasteiger partial charge in [-0.05, 0) is 44.0 Å². The van der Waals surface area contributed by atoms with Gasteiger partial charge in [-0.15, -0.1) is 0 Å².